The summed E-state index contributed by atoms with van der Waals surface area (Å²) in [4.78, 5) is 26.4. The summed E-state index contributed by atoms with van der Waals surface area (Å²) in [6.45, 7) is 3.68. The molecule has 0 atom stereocenters. The lowest BCUT2D eigenvalue weighted by molar-refractivity contribution is 0.212. The number of benzene rings is 1. The number of carbonyl (C=O) groups is 1. The highest BCUT2D eigenvalue weighted by molar-refractivity contribution is 9.10. The molecule has 0 bridgehead atoms. The van der Waals surface area contributed by atoms with E-state index in [1.54, 1.807) is 24.4 Å². The van der Waals surface area contributed by atoms with Crippen LogP contribution in [-0.4, -0.2) is 22.6 Å². The number of hydrogen-bond acceptors (Lipinski definition) is 3. The fraction of sp³-hybridized carbons (Fsp3) is 0.294. The van der Waals surface area contributed by atoms with Crippen LogP contribution in [0.3, 0.4) is 0 Å². The summed E-state index contributed by atoms with van der Waals surface area (Å²) >= 11 is 3.24. The minimum absolute atomic E-state index is 0.230. The molecule has 6 nitrogen and oxygen atoms in total. The summed E-state index contributed by atoms with van der Waals surface area (Å²) in [7, 11) is 1.62. The van der Waals surface area contributed by atoms with E-state index >= 15 is 0 Å². The minimum Gasteiger partial charge on any atom is -0.497 e. The van der Waals surface area contributed by atoms with Gasteiger partial charge in [-0.25, -0.2) is 4.79 Å². The van der Waals surface area contributed by atoms with Crippen molar-refractivity contribution >= 4 is 27.6 Å². The first kappa shape index (κ1) is 16.6. The van der Waals surface area contributed by atoms with Crippen molar-refractivity contribution in [1.82, 2.24) is 9.47 Å². The molecule has 2 aromatic rings. The van der Waals surface area contributed by atoms with Crippen LogP contribution >= 0.6 is 15.9 Å². The zero-order chi connectivity index (χ0) is 17.3. The van der Waals surface area contributed by atoms with Crippen LogP contribution in [0, 0.1) is 0 Å². The molecule has 2 heterocycles. The van der Waals surface area contributed by atoms with Gasteiger partial charge in [0.05, 0.1) is 11.6 Å². The van der Waals surface area contributed by atoms with Gasteiger partial charge in [0, 0.05) is 32.0 Å². The molecule has 1 aromatic heterocycles. The number of rotatable bonds is 3. The van der Waals surface area contributed by atoms with Crippen molar-refractivity contribution in [3.05, 3.63) is 56.4 Å². The molecule has 0 spiro atoms. The molecular formula is C17H18BrN3O3. The molecule has 1 aliphatic heterocycles. The third kappa shape index (κ3) is 3.17. The number of anilines is 1. The van der Waals surface area contributed by atoms with Crippen LogP contribution in [0.15, 0.2) is 39.9 Å². The smallest absolute Gasteiger partial charge is 0.322 e. The van der Waals surface area contributed by atoms with Gasteiger partial charge in [-0.05, 0) is 46.1 Å². The second-order valence-electron chi connectivity index (χ2n) is 5.60. The average molecular weight is 392 g/mol. The van der Waals surface area contributed by atoms with Gasteiger partial charge < -0.3 is 19.5 Å². The number of fused-ring (bicyclic) bond motifs is 1. The minimum atomic E-state index is -0.289. The summed E-state index contributed by atoms with van der Waals surface area (Å²) in [5, 5.41) is 2.72. The van der Waals surface area contributed by atoms with Gasteiger partial charge in [-0.1, -0.05) is 6.07 Å². The van der Waals surface area contributed by atoms with E-state index in [-0.39, 0.29) is 17.1 Å². The lowest BCUT2D eigenvalue weighted by Crippen LogP contribution is -2.32. The number of carbonyl (C=O) groups excluding carboxylic acids is 1. The monoisotopic (exact) mass is 391 g/mol. The Morgan fingerprint density at radius 1 is 1.29 bits per heavy atom. The molecule has 24 heavy (non-hydrogen) atoms. The highest BCUT2D eigenvalue weighted by Crippen LogP contribution is 2.27. The van der Waals surface area contributed by atoms with Crippen molar-refractivity contribution in [2.75, 3.05) is 12.4 Å². The largest absolute Gasteiger partial charge is 0.497 e. The van der Waals surface area contributed by atoms with Crippen LogP contribution in [0.2, 0.25) is 0 Å². The Morgan fingerprint density at radius 2 is 2.04 bits per heavy atom. The maximum Gasteiger partial charge on any atom is 0.322 e. The van der Waals surface area contributed by atoms with Crippen molar-refractivity contribution < 1.29 is 9.53 Å². The number of aromatic nitrogens is 1. The van der Waals surface area contributed by atoms with Crippen LogP contribution in [0.1, 0.15) is 18.1 Å². The van der Waals surface area contributed by atoms with Crippen molar-refractivity contribution in [2.24, 2.45) is 0 Å². The molecule has 7 heteroatoms. The van der Waals surface area contributed by atoms with Crippen LogP contribution in [0.25, 0.3) is 0 Å². The zero-order valence-corrected chi connectivity index (χ0v) is 15.1. The van der Waals surface area contributed by atoms with Gasteiger partial charge in [-0.15, -0.1) is 0 Å². The number of amides is 2. The molecule has 126 valence electrons. The Kier molecular flexibility index (Phi) is 4.62. The number of halogens is 1. The molecule has 0 saturated carbocycles. The van der Waals surface area contributed by atoms with E-state index in [4.69, 9.17) is 4.74 Å². The molecule has 0 fully saturated rings. The number of urea groups is 1. The van der Waals surface area contributed by atoms with Crippen LogP contribution in [-0.2, 0) is 19.6 Å². The molecule has 0 aliphatic carbocycles. The average Bonchev–Trinajstić information content (AvgIpc) is 3.01. The van der Waals surface area contributed by atoms with E-state index in [0.717, 1.165) is 16.9 Å². The van der Waals surface area contributed by atoms with Crippen LogP contribution in [0.4, 0.5) is 10.5 Å². The fourth-order valence-electron chi connectivity index (χ4n) is 2.70. The number of ether oxygens (including phenoxy) is 1. The van der Waals surface area contributed by atoms with Crippen molar-refractivity contribution in [3.63, 3.8) is 0 Å². The van der Waals surface area contributed by atoms with Gasteiger partial charge in [0.15, 0.2) is 0 Å². The van der Waals surface area contributed by atoms with Crippen LogP contribution < -0.4 is 15.5 Å². The highest BCUT2D eigenvalue weighted by atomic mass is 79.9. The molecule has 1 aliphatic rings. The highest BCUT2D eigenvalue weighted by Gasteiger charge is 2.24. The number of nitrogens with one attached hydrogen (secondary N) is 1. The van der Waals surface area contributed by atoms with Crippen molar-refractivity contribution in [2.45, 2.75) is 26.6 Å². The van der Waals surface area contributed by atoms with Gasteiger partial charge in [0.2, 0.25) is 5.43 Å². The van der Waals surface area contributed by atoms with E-state index in [0.29, 0.717) is 24.1 Å². The first-order valence-electron chi connectivity index (χ1n) is 7.63. The molecule has 3 rings (SSSR count). The second-order valence-corrected chi connectivity index (χ2v) is 6.45. The SMILES string of the molecule is CCn1cc(Br)c(=O)c(NC(=O)N2Cc3ccc(OC)cc3C2)c1. The normalized spacial score (nSPS) is 12.9. The molecule has 0 unspecified atom stereocenters. The Balaban J connectivity index is 1.77. The van der Waals surface area contributed by atoms with E-state index < -0.39 is 0 Å². The van der Waals surface area contributed by atoms with Gasteiger partial charge >= 0.3 is 6.03 Å². The number of nitrogens with zero attached hydrogens (tertiary/aromatic N) is 2. The van der Waals surface area contributed by atoms with Crippen LogP contribution in [0.5, 0.6) is 5.75 Å². The van der Waals surface area contributed by atoms with E-state index in [1.807, 2.05) is 29.7 Å². The lowest BCUT2D eigenvalue weighted by atomic mass is 10.1. The summed E-state index contributed by atoms with van der Waals surface area (Å²) in [5.74, 6) is 0.772. The number of hydrogen-bond donors (Lipinski definition) is 1. The maximum atomic E-state index is 12.5. The third-order valence-corrected chi connectivity index (χ3v) is 4.63. The van der Waals surface area contributed by atoms with Gasteiger partial charge in [0.25, 0.3) is 0 Å². The molecule has 0 saturated heterocycles. The quantitative estimate of drug-likeness (QED) is 0.873. The first-order chi connectivity index (χ1) is 11.5. The standard InChI is InChI=1S/C17H18BrN3O3/c1-3-20-9-14(18)16(22)15(10-20)19-17(23)21-7-11-4-5-13(24-2)6-12(11)8-21/h4-6,9-10H,3,7-8H2,1-2H3,(H,19,23). The van der Waals surface area contributed by atoms with Crippen molar-refractivity contribution in [3.8, 4) is 5.75 Å². The Hall–Kier alpha value is -2.28. The topological polar surface area (TPSA) is 63.6 Å². The van der Waals surface area contributed by atoms with Gasteiger partial charge in [-0.3, -0.25) is 4.79 Å². The number of methoxy groups -OCH3 is 1. The van der Waals surface area contributed by atoms with Crippen molar-refractivity contribution in [1.29, 1.82) is 0 Å². The van der Waals surface area contributed by atoms with Gasteiger partial charge in [-0.2, -0.15) is 0 Å². The molecule has 1 N–H and O–H groups in total. The molecular weight excluding hydrogens is 374 g/mol. The van der Waals surface area contributed by atoms with E-state index in [1.165, 1.54) is 0 Å². The third-order valence-electron chi connectivity index (χ3n) is 4.07. The number of pyridine rings is 1. The fourth-order valence-corrected chi connectivity index (χ4v) is 3.18. The molecule has 0 radical (unpaired) electrons. The first-order valence-corrected chi connectivity index (χ1v) is 8.42. The number of aryl methyl sites for hydroxylation is 1. The molecule has 2 amide bonds. The Bertz CT molecular complexity index is 847. The maximum absolute atomic E-state index is 12.5. The lowest BCUT2D eigenvalue weighted by Gasteiger charge is -2.17. The summed E-state index contributed by atoms with van der Waals surface area (Å²) < 4.78 is 7.48. The zero-order valence-electron chi connectivity index (χ0n) is 13.5. The van der Waals surface area contributed by atoms with Gasteiger partial charge in [0.1, 0.15) is 11.4 Å². The second kappa shape index (κ2) is 6.68. The summed E-state index contributed by atoms with van der Waals surface area (Å²) in [6, 6.07) is 5.49. The summed E-state index contributed by atoms with van der Waals surface area (Å²) in [6.07, 6.45) is 3.35. The van der Waals surface area contributed by atoms with E-state index in [2.05, 4.69) is 21.2 Å². The molecule has 1 aromatic carbocycles. The van der Waals surface area contributed by atoms with E-state index in [9.17, 15) is 9.59 Å². The Morgan fingerprint density at radius 3 is 2.75 bits per heavy atom. The summed E-state index contributed by atoms with van der Waals surface area (Å²) in [5.41, 5.74) is 2.19. The predicted molar refractivity (Wildman–Crippen MR) is 95.3 cm³/mol. The Labute approximate surface area is 148 Å². The predicted octanol–water partition coefficient (Wildman–Crippen LogP) is 3.19.